The second-order valence-corrected chi connectivity index (χ2v) is 6.74. The van der Waals surface area contributed by atoms with E-state index >= 15 is 0 Å². The predicted octanol–water partition coefficient (Wildman–Crippen LogP) is 2.83. The Bertz CT molecular complexity index is 709. The lowest BCUT2D eigenvalue weighted by atomic mass is 10.1. The Morgan fingerprint density at radius 3 is 2.78 bits per heavy atom. The van der Waals surface area contributed by atoms with E-state index in [1.54, 1.807) is 20.4 Å². The zero-order valence-electron chi connectivity index (χ0n) is 16.3. The molecule has 0 spiro atoms. The molecule has 2 N–H and O–H groups in total. The molecule has 1 aliphatic heterocycles. The van der Waals surface area contributed by atoms with Gasteiger partial charge in [0.05, 0.1) is 19.4 Å². The van der Waals surface area contributed by atoms with E-state index in [2.05, 4.69) is 38.7 Å². The second kappa shape index (κ2) is 10.0. The van der Waals surface area contributed by atoms with Gasteiger partial charge in [-0.3, -0.25) is 9.89 Å². The summed E-state index contributed by atoms with van der Waals surface area (Å²) in [6.07, 6.45) is 5.06. The molecule has 6 nitrogen and oxygen atoms in total. The monoisotopic (exact) mass is 370 g/mol. The van der Waals surface area contributed by atoms with Crippen LogP contribution >= 0.6 is 0 Å². The van der Waals surface area contributed by atoms with Crippen LogP contribution in [-0.4, -0.2) is 51.2 Å². The van der Waals surface area contributed by atoms with Crippen LogP contribution < -0.4 is 15.4 Å². The van der Waals surface area contributed by atoms with Crippen LogP contribution in [0.2, 0.25) is 0 Å². The maximum absolute atomic E-state index is 5.42. The van der Waals surface area contributed by atoms with Crippen molar-refractivity contribution in [2.75, 3.05) is 40.3 Å². The summed E-state index contributed by atoms with van der Waals surface area (Å²) < 4.78 is 10.8. The fourth-order valence-corrected chi connectivity index (χ4v) is 3.53. The third-order valence-corrected chi connectivity index (χ3v) is 4.99. The van der Waals surface area contributed by atoms with Crippen molar-refractivity contribution in [3.63, 3.8) is 0 Å². The zero-order valence-corrected chi connectivity index (χ0v) is 16.3. The normalized spacial score (nSPS) is 16.3. The van der Waals surface area contributed by atoms with Crippen LogP contribution in [0.3, 0.4) is 0 Å². The number of methoxy groups -OCH3 is 1. The van der Waals surface area contributed by atoms with Crippen LogP contribution in [0.5, 0.6) is 5.75 Å². The highest BCUT2D eigenvalue weighted by Gasteiger charge is 2.24. The van der Waals surface area contributed by atoms with Crippen molar-refractivity contribution in [1.82, 2.24) is 15.5 Å². The van der Waals surface area contributed by atoms with Gasteiger partial charge >= 0.3 is 0 Å². The van der Waals surface area contributed by atoms with E-state index in [1.165, 1.54) is 18.4 Å². The van der Waals surface area contributed by atoms with Gasteiger partial charge in [0.2, 0.25) is 0 Å². The van der Waals surface area contributed by atoms with E-state index in [1.807, 2.05) is 18.2 Å². The van der Waals surface area contributed by atoms with Crippen molar-refractivity contribution < 1.29 is 9.15 Å². The van der Waals surface area contributed by atoms with Crippen LogP contribution in [0, 0.1) is 0 Å². The number of ether oxygens (including phenoxy) is 1. The van der Waals surface area contributed by atoms with Gasteiger partial charge in [-0.1, -0.05) is 12.1 Å². The molecule has 27 heavy (non-hydrogen) atoms. The van der Waals surface area contributed by atoms with Crippen LogP contribution in [0.1, 0.15) is 30.2 Å². The number of nitrogens with zero attached hydrogens (tertiary/aromatic N) is 2. The van der Waals surface area contributed by atoms with E-state index in [0.29, 0.717) is 6.04 Å². The molecule has 2 heterocycles. The summed E-state index contributed by atoms with van der Waals surface area (Å²) >= 11 is 0. The molecule has 0 amide bonds. The Hall–Kier alpha value is -2.47. The van der Waals surface area contributed by atoms with Crippen LogP contribution in [0.15, 0.2) is 52.1 Å². The number of aliphatic imine (C=N–C) groups is 1. The molecule has 1 fully saturated rings. The Balaban J connectivity index is 1.59. The maximum Gasteiger partial charge on any atom is 0.191 e. The lowest BCUT2D eigenvalue weighted by Gasteiger charge is -2.29. The van der Waals surface area contributed by atoms with Crippen molar-refractivity contribution in [2.45, 2.75) is 25.3 Å². The smallest absolute Gasteiger partial charge is 0.191 e. The number of likely N-dealkylation sites (tertiary alicyclic amines) is 1. The highest BCUT2D eigenvalue weighted by Crippen LogP contribution is 2.27. The summed E-state index contributed by atoms with van der Waals surface area (Å²) in [5.41, 5.74) is 1.27. The highest BCUT2D eigenvalue weighted by atomic mass is 16.5. The van der Waals surface area contributed by atoms with E-state index in [0.717, 1.165) is 50.1 Å². The van der Waals surface area contributed by atoms with Gasteiger partial charge in [0, 0.05) is 26.6 Å². The number of nitrogens with one attached hydrogen (secondary N) is 2. The molecular weight excluding hydrogens is 340 g/mol. The number of guanidine groups is 1. The zero-order chi connectivity index (χ0) is 18.9. The molecule has 3 rings (SSSR count). The number of furan rings is 1. The molecule has 0 bridgehead atoms. The minimum atomic E-state index is 0.297. The highest BCUT2D eigenvalue weighted by molar-refractivity contribution is 5.79. The first-order chi connectivity index (χ1) is 13.3. The van der Waals surface area contributed by atoms with Gasteiger partial charge in [0.1, 0.15) is 11.5 Å². The number of benzene rings is 1. The number of hydrogen-bond acceptors (Lipinski definition) is 4. The summed E-state index contributed by atoms with van der Waals surface area (Å²) in [7, 11) is 3.52. The summed E-state index contributed by atoms with van der Waals surface area (Å²) in [5, 5.41) is 6.85. The molecule has 0 aliphatic carbocycles. The van der Waals surface area contributed by atoms with Crippen LogP contribution in [-0.2, 0) is 6.42 Å². The average molecular weight is 370 g/mol. The van der Waals surface area contributed by atoms with E-state index in [9.17, 15) is 0 Å². The summed E-state index contributed by atoms with van der Waals surface area (Å²) in [6.45, 7) is 3.84. The van der Waals surface area contributed by atoms with Gasteiger partial charge in [-0.15, -0.1) is 0 Å². The summed E-state index contributed by atoms with van der Waals surface area (Å²) in [5.74, 6) is 2.69. The fraction of sp³-hybridized carbons (Fsp3) is 0.476. The first kappa shape index (κ1) is 19.3. The first-order valence-electron chi connectivity index (χ1n) is 9.65. The molecule has 146 valence electrons. The van der Waals surface area contributed by atoms with Crippen molar-refractivity contribution in [2.24, 2.45) is 4.99 Å². The van der Waals surface area contributed by atoms with E-state index in [-0.39, 0.29) is 0 Å². The molecule has 1 atom stereocenters. The molecule has 6 heteroatoms. The standard InChI is InChI=1S/C21H30N4O2/c1-22-21(23-11-10-18-9-6-14-27-18)24-16-20(25-12-3-4-13-25)17-7-5-8-19(15-17)26-2/h5-9,14-15,20H,3-4,10-13,16H2,1-2H3,(H2,22,23,24). The molecule has 2 aromatic rings. The van der Waals surface area contributed by atoms with Gasteiger partial charge in [-0.25, -0.2) is 0 Å². The van der Waals surface area contributed by atoms with Gasteiger partial charge in [-0.2, -0.15) is 0 Å². The third kappa shape index (κ3) is 5.50. The van der Waals surface area contributed by atoms with Gasteiger partial charge in [-0.05, 0) is 55.8 Å². The Morgan fingerprint density at radius 1 is 1.22 bits per heavy atom. The molecule has 0 saturated carbocycles. The Labute approximate surface area is 161 Å². The Morgan fingerprint density at radius 2 is 2.07 bits per heavy atom. The summed E-state index contributed by atoms with van der Waals surface area (Å²) in [6, 6.07) is 12.6. The van der Waals surface area contributed by atoms with Crippen molar-refractivity contribution in [3.8, 4) is 5.75 Å². The minimum Gasteiger partial charge on any atom is -0.497 e. The summed E-state index contributed by atoms with van der Waals surface area (Å²) in [4.78, 5) is 6.89. The van der Waals surface area contributed by atoms with Crippen molar-refractivity contribution in [1.29, 1.82) is 0 Å². The lowest BCUT2D eigenvalue weighted by Crippen LogP contribution is -2.43. The quantitative estimate of drug-likeness (QED) is 0.553. The average Bonchev–Trinajstić information content (AvgIpc) is 3.41. The van der Waals surface area contributed by atoms with Gasteiger partial charge < -0.3 is 19.8 Å². The van der Waals surface area contributed by atoms with Crippen molar-refractivity contribution in [3.05, 3.63) is 54.0 Å². The molecule has 0 radical (unpaired) electrons. The van der Waals surface area contributed by atoms with Crippen LogP contribution in [0.25, 0.3) is 0 Å². The van der Waals surface area contributed by atoms with Crippen LogP contribution in [0.4, 0.5) is 0 Å². The molecule has 1 saturated heterocycles. The van der Waals surface area contributed by atoms with E-state index < -0.39 is 0 Å². The number of hydrogen-bond donors (Lipinski definition) is 2. The van der Waals surface area contributed by atoms with Gasteiger partial charge in [0.15, 0.2) is 5.96 Å². The van der Waals surface area contributed by atoms with Crippen molar-refractivity contribution >= 4 is 5.96 Å². The second-order valence-electron chi connectivity index (χ2n) is 6.74. The van der Waals surface area contributed by atoms with E-state index in [4.69, 9.17) is 9.15 Å². The first-order valence-corrected chi connectivity index (χ1v) is 9.65. The third-order valence-electron chi connectivity index (χ3n) is 4.99. The molecule has 1 aromatic heterocycles. The number of rotatable bonds is 8. The molecule has 1 unspecified atom stereocenters. The fourth-order valence-electron chi connectivity index (χ4n) is 3.53. The maximum atomic E-state index is 5.42. The SMILES string of the molecule is CN=C(NCCc1ccco1)NCC(c1cccc(OC)c1)N1CCCC1. The van der Waals surface area contributed by atoms with Gasteiger partial charge in [0.25, 0.3) is 0 Å². The largest absolute Gasteiger partial charge is 0.497 e. The molecular formula is C21H30N4O2. The molecule has 1 aliphatic rings. The lowest BCUT2D eigenvalue weighted by molar-refractivity contribution is 0.245. The topological polar surface area (TPSA) is 62.0 Å². The predicted molar refractivity (Wildman–Crippen MR) is 108 cm³/mol. The Kier molecular flexibility index (Phi) is 7.16. The molecule has 1 aromatic carbocycles. The minimum absolute atomic E-state index is 0.297.